The minimum atomic E-state index is -1.36. The van der Waals surface area contributed by atoms with E-state index in [0.717, 1.165) is 4.90 Å². The zero-order valence-corrected chi connectivity index (χ0v) is 41.1. The van der Waals surface area contributed by atoms with Crippen molar-refractivity contribution in [2.45, 2.75) is 95.2 Å². The number of phenols is 4. The van der Waals surface area contributed by atoms with Crippen LogP contribution >= 0.6 is 11.6 Å². The van der Waals surface area contributed by atoms with Crippen molar-refractivity contribution in [3.63, 3.8) is 0 Å². The predicted octanol–water partition coefficient (Wildman–Crippen LogP) is 2.61. The fourth-order valence-corrected chi connectivity index (χ4v) is 8.53. The molecule has 0 bridgehead atoms. The number of carbonyl (C=O) groups excluding carboxylic acids is 8. The number of halogens is 1. The molecular formula is C50H61ClN8O15. The second-order valence-electron chi connectivity index (χ2n) is 17.5. The van der Waals surface area contributed by atoms with Crippen molar-refractivity contribution >= 4 is 64.8 Å². The first-order valence-corrected chi connectivity index (χ1v) is 24.5. The number of hydrogen-bond donors (Lipinski definition) is 11. The van der Waals surface area contributed by atoms with E-state index in [0.29, 0.717) is 55.6 Å². The van der Waals surface area contributed by atoms with Gasteiger partial charge in [0.15, 0.2) is 23.0 Å². The van der Waals surface area contributed by atoms with Crippen LogP contribution in [-0.2, 0) is 33.6 Å². The number of carboxylic acids is 1. The number of β-lactam (4-membered cyclic amide) rings is 1. The molecular weight excluding hydrogens is 988 g/mol. The van der Waals surface area contributed by atoms with Gasteiger partial charge in [0, 0.05) is 70.0 Å². The molecule has 0 aliphatic carbocycles. The lowest BCUT2D eigenvalue weighted by Gasteiger charge is -2.49. The second kappa shape index (κ2) is 27.8. The summed E-state index contributed by atoms with van der Waals surface area (Å²) in [5.74, 6) is -8.13. The zero-order valence-electron chi connectivity index (χ0n) is 40.4. The number of benzene rings is 3. The van der Waals surface area contributed by atoms with Gasteiger partial charge in [-0.3, -0.25) is 48.5 Å². The first kappa shape index (κ1) is 57.0. The van der Waals surface area contributed by atoms with E-state index in [1.165, 1.54) is 41.3 Å². The normalized spacial score (nSPS) is 15.2. The van der Waals surface area contributed by atoms with E-state index in [4.69, 9.17) is 11.6 Å². The molecule has 3 aromatic rings. The van der Waals surface area contributed by atoms with E-state index in [1.54, 1.807) is 30.3 Å². The molecule has 0 aromatic heterocycles. The Morgan fingerprint density at radius 3 is 1.84 bits per heavy atom. The molecule has 0 spiro atoms. The molecule has 1 fully saturated rings. The molecule has 2 heterocycles. The molecule has 2 aliphatic rings. The van der Waals surface area contributed by atoms with E-state index >= 15 is 0 Å². The van der Waals surface area contributed by atoms with Crippen LogP contribution in [0.1, 0.15) is 109 Å². The highest BCUT2D eigenvalue weighted by Gasteiger charge is 2.53. The minimum absolute atomic E-state index is 0.0331. The molecule has 24 heteroatoms. The number of amides is 8. The highest BCUT2D eigenvalue weighted by Crippen LogP contribution is 2.38. The molecule has 3 aromatic carbocycles. The highest BCUT2D eigenvalue weighted by atomic mass is 35.5. The maximum absolute atomic E-state index is 13.5. The molecule has 11 N–H and O–H groups in total. The molecule has 23 nitrogen and oxygen atoms in total. The van der Waals surface area contributed by atoms with Gasteiger partial charge in [0.05, 0.1) is 17.2 Å². The van der Waals surface area contributed by atoms with Gasteiger partial charge in [-0.25, -0.2) is 9.86 Å². The molecule has 0 radical (unpaired) electrons. The number of unbranched alkanes of at least 4 members (excludes halogenated alkanes) is 3. The molecule has 0 saturated carbocycles. The number of hydroxylamine groups is 2. The van der Waals surface area contributed by atoms with Crippen molar-refractivity contribution in [3.8, 4) is 23.0 Å². The van der Waals surface area contributed by atoms with Gasteiger partial charge >= 0.3 is 5.97 Å². The smallest absolute Gasteiger partial charge is 0.353 e. The van der Waals surface area contributed by atoms with Crippen molar-refractivity contribution in [2.24, 2.45) is 0 Å². The third-order valence-electron chi connectivity index (χ3n) is 12.3. The topological polar surface area (TPSA) is 345 Å². The summed E-state index contributed by atoms with van der Waals surface area (Å²) in [5, 5.41) is 73.1. The monoisotopic (exact) mass is 1050 g/mol. The lowest BCUT2D eigenvalue weighted by molar-refractivity contribution is -0.166. The van der Waals surface area contributed by atoms with E-state index in [-0.39, 0.29) is 98.6 Å². The van der Waals surface area contributed by atoms with Crippen molar-refractivity contribution in [1.29, 1.82) is 0 Å². The number of fused-ring (bicyclic) bond motifs is 1. The molecule has 3 atom stereocenters. The van der Waals surface area contributed by atoms with Gasteiger partial charge in [0.1, 0.15) is 17.8 Å². The fraction of sp³-hybridized carbons (Fsp3) is 0.420. The van der Waals surface area contributed by atoms with Gasteiger partial charge in [-0.05, 0) is 81.2 Å². The van der Waals surface area contributed by atoms with Gasteiger partial charge in [0.25, 0.3) is 17.7 Å². The highest BCUT2D eigenvalue weighted by molar-refractivity contribution is 6.32. The van der Waals surface area contributed by atoms with Crippen LogP contribution in [0.25, 0.3) is 0 Å². The number of carboxylic acid groups (broad SMARTS) is 1. The number of aliphatic carboxylic acids is 1. The van der Waals surface area contributed by atoms with Crippen LogP contribution in [0.3, 0.4) is 0 Å². The van der Waals surface area contributed by atoms with Crippen LogP contribution in [0.15, 0.2) is 77.5 Å². The van der Waals surface area contributed by atoms with Crippen molar-refractivity contribution < 1.29 is 73.9 Å². The Morgan fingerprint density at radius 2 is 1.20 bits per heavy atom. The van der Waals surface area contributed by atoms with Crippen LogP contribution in [-0.4, -0.2) is 150 Å². The number of aromatic hydroxyl groups is 4. The first-order chi connectivity index (χ1) is 35.4. The lowest BCUT2D eigenvalue weighted by atomic mass is 9.86. The number of hydrogen-bond acceptors (Lipinski definition) is 14. The molecule has 5 rings (SSSR count). The summed E-state index contributed by atoms with van der Waals surface area (Å²) in [4.78, 5) is 118. The Bertz CT molecular complexity index is 2580. The number of para-hydroxylation sites is 2. The number of nitrogens with one attached hydrogen (secondary N) is 5. The van der Waals surface area contributed by atoms with Gasteiger partial charge in [-0.1, -0.05) is 54.1 Å². The maximum atomic E-state index is 13.5. The molecule has 8 amide bonds. The second-order valence-corrected chi connectivity index (χ2v) is 18.0. The van der Waals surface area contributed by atoms with Crippen LogP contribution in [0, 0.1) is 0 Å². The average Bonchev–Trinajstić information content (AvgIpc) is 3.38. The Balaban J connectivity index is 0.989. The number of rotatable bonds is 28. The van der Waals surface area contributed by atoms with Gasteiger partial charge < -0.3 is 57.0 Å². The van der Waals surface area contributed by atoms with Gasteiger partial charge in [-0.15, -0.1) is 0 Å². The number of nitrogens with zero attached hydrogens (tertiary/aromatic N) is 3. The predicted molar refractivity (Wildman–Crippen MR) is 263 cm³/mol. The van der Waals surface area contributed by atoms with E-state index in [9.17, 15) is 73.9 Å². The van der Waals surface area contributed by atoms with Gasteiger partial charge in [-0.2, -0.15) is 0 Å². The summed E-state index contributed by atoms with van der Waals surface area (Å²) in [5.41, 5.74) is -0.171. The SMILES string of the molecule is O=C(CCC(=O)N(CCCCNC(=O)c1cccc(O)c1O)CCCNC(=O)c1cccc(O)c1O)NCCCCCN(O)C(=O)CCC(=O)N[C@@H](C(=O)N[C@@H]1C(=O)N2C(C(=O)O)=C(Cl)CCC12)c1ccccc1. The fourth-order valence-electron chi connectivity index (χ4n) is 8.25. The maximum Gasteiger partial charge on any atom is 0.353 e. The third-order valence-corrected chi connectivity index (χ3v) is 12.6. The Hall–Kier alpha value is -7.92. The van der Waals surface area contributed by atoms with Crippen LogP contribution < -0.4 is 26.6 Å². The number of carbonyl (C=O) groups is 9. The Morgan fingerprint density at radius 1 is 0.649 bits per heavy atom. The molecule has 398 valence electrons. The van der Waals surface area contributed by atoms with Crippen molar-refractivity contribution in [2.75, 3.05) is 39.3 Å². The van der Waals surface area contributed by atoms with Crippen molar-refractivity contribution in [3.05, 3.63) is 94.1 Å². The minimum Gasteiger partial charge on any atom is -0.504 e. The van der Waals surface area contributed by atoms with E-state index < -0.39 is 89.0 Å². The quantitative estimate of drug-likeness (QED) is 0.0164. The standard InChI is InChI=1S/C50H61ClN8O15/c51-33-18-19-34-42(49(71)59(34)43(33)50(72)73)56-48(70)41(30-12-3-1-4-13-30)55-38(63)21-23-40(65)58(74)29-7-2-5-24-52-37(62)20-22-39(64)57(28-11-26-54-47(69)32-15-10-17-36(61)45(32)67)27-8-6-25-53-46(68)31-14-9-16-35(60)44(31)66/h1,3-4,9-10,12-17,34,41-42,60-61,66-67,74H,2,5-8,11,18-29H2,(H,52,62)(H,53,68)(H,54,69)(H,55,63)(H,56,70)(H,72,73)/t34?,41-,42+/m1/s1. The summed E-state index contributed by atoms with van der Waals surface area (Å²) < 4.78 is 0. The lowest BCUT2D eigenvalue weighted by Crippen LogP contribution is -2.72. The summed E-state index contributed by atoms with van der Waals surface area (Å²) in [6, 6.07) is 13.2. The molecule has 1 saturated heterocycles. The summed E-state index contributed by atoms with van der Waals surface area (Å²) in [6.07, 6.45) is 1.98. The van der Waals surface area contributed by atoms with Gasteiger partial charge in [0.2, 0.25) is 29.5 Å². The summed E-state index contributed by atoms with van der Waals surface area (Å²) in [6.45, 7) is 0.926. The Kier molecular flexibility index (Phi) is 21.4. The summed E-state index contributed by atoms with van der Waals surface area (Å²) in [7, 11) is 0. The molecule has 1 unspecified atom stereocenters. The number of phenolic OH excluding ortho intramolecular Hbond substituents is 4. The van der Waals surface area contributed by atoms with Crippen LogP contribution in [0.5, 0.6) is 23.0 Å². The first-order valence-electron chi connectivity index (χ1n) is 24.1. The molecule has 2 aliphatic heterocycles. The zero-order chi connectivity index (χ0) is 53.9. The van der Waals surface area contributed by atoms with Crippen molar-refractivity contribution in [1.82, 2.24) is 41.4 Å². The molecule has 74 heavy (non-hydrogen) atoms. The number of allylic oxidation sites excluding steroid dienone is 1. The van der Waals surface area contributed by atoms with E-state index in [2.05, 4.69) is 26.6 Å². The summed E-state index contributed by atoms with van der Waals surface area (Å²) >= 11 is 6.07. The Labute approximate surface area is 430 Å². The van der Waals surface area contributed by atoms with Crippen LogP contribution in [0.4, 0.5) is 0 Å². The van der Waals surface area contributed by atoms with Crippen LogP contribution in [0.2, 0.25) is 0 Å². The van der Waals surface area contributed by atoms with E-state index in [1.807, 2.05) is 0 Å². The largest absolute Gasteiger partial charge is 0.504 e. The third kappa shape index (κ3) is 15.8. The average molecular weight is 1050 g/mol.